The van der Waals surface area contributed by atoms with Crippen LogP contribution in [0.25, 0.3) is 11.0 Å². The fourth-order valence-corrected chi connectivity index (χ4v) is 5.73. The van der Waals surface area contributed by atoms with Crippen LogP contribution in [0.1, 0.15) is 47.7 Å². The summed E-state index contributed by atoms with van der Waals surface area (Å²) in [5, 5.41) is 3.10. The molecule has 0 unspecified atom stereocenters. The number of carbonyl (C=O) groups excluding carboxylic acids is 4. The molecule has 0 spiro atoms. The highest BCUT2D eigenvalue weighted by molar-refractivity contribution is 6.07. The van der Waals surface area contributed by atoms with Crippen molar-refractivity contribution in [3.63, 3.8) is 0 Å². The lowest BCUT2D eigenvalue weighted by atomic mass is 10.1. The number of carbonyl (C=O) groups is 4. The minimum absolute atomic E-state index is 0.0840. The average Bonchev–Trinajstić information content (AvgIpc) is 3.74. The predicted molar refractivity (Wildman–Crippen MR) is 184 cm³/mol. The zero-order valence-electron chi connectivity index (χ0n) is 27.2. The average molecular weight is 701 g/mol. The van der Waals surface area contributed by atoms with Gasteiger partial charge in [-0.15, -0.1) is 0 Å². The normalized spacial score (nSPS) is 19.4. The largest absolute Gasteiger partial charge is 0.456 e. The van der Waals surface area contributed by atoms with Crippen LogP contribution in [-0.2, 0) is 18.9 Å². The summed E-state index contributed by atoms with van der Waals surface area (Å²) in [6.07, 6.45) is -2.49. The Balaban J connectivity index is 1.28. The Morgan fingerprint density at radius 2 is 1.21 bits per heavy atom. The van der Waals surface area contributed by atoms with E-state index in [-0.39, 0.29) is 28.2 Å². The number of halogens is 1. The van der Waals surface area contributed by atoms with Gasteiger partial charge in [-0.2, -0.15) is 0 Å². The number of aromatic nitrogens is 3. The second kappa shape index (κ2) is 14.6. The van der Waals surface area contributed by atoms with Crippen LogP contribution in [-0.4, -0.2) is 63.0 Å². The van der Waals surface area contributed by atoms with Crippen LogP contribution in [0.15, 0.2) is 140 Å². The number of nitrogens with one attached hydrogen (secondary N) is 1. The van der Waals surface area contributed by atoms with Crippen molar-refractivity contribution in [3.05, 3.63) is 162 Å². The van der Waals surface area contributed by atoms with E-state index in [0.717, 1.165) is 0 Å². The minimum atomic E-state index is -3.05. The number of alkyl halides is 1. The third kappa shape index (κ3) is 6.98. The third-order valence-electron chi connectivity index (χ3n) is 8.28. The Morgan fingerprint density at radius 3 is 1.79 bits per heavy atom. The van der Waals surface area contributed by atoms with Crippen LogP contribution < -0.4 is 5.32 Å². The second-order valence-corrected chi connectivity index (χ2v) is 11.7. The second-order valence-electron chi connectivity index (χ2n) is 11.7. The Morgan fingerprint density at radius 1 is 0.692 bits per heavy atom. The molecule has 12 nitrogen and oxygen atoms in total. The maximum Gasteiger partial charge on any atom is 0.338 e. The Bertz CT molecular complexity index is 2220. The zero-order chi connectivity index (χ0) is 36.1. The monoisotopic (exact) mass is 700 g/mol. The molecule has 2 aromatic heterocycles. The standard InChI is InChI=1S/C39H29FN4O8/c40-39(23-49-36(46)26-15-7-2-8-16-26)31(51-38(48)28-19-11-4-12-20-28)30(50-37(47)27-17-9-3-10-18-27)35(52-39)44-22-21-29-32(41-24-42-33(29)44)43-34(45)25-13-5-1-6-14-25/h1-22,24,30-31,35H,23H2,(H,41,42,43,45)/t30-,31+,35-,39-/m1/s1. The van der Waals surface area contributed by atoms with Gasteiger partial charge in [0, 0.05) is 11.8 Å². The van der Waals surface area contributed by atoms with Gasteiger partial charge in [-0.25, -0.2) is 28.7 Å². The van der Waals surface area contributed by atoms with Gasteiger partial charge in [-0.1, -0.05) is 72.8 Å². The molecule has 4 atom stereocenters. The number of fused-ring (bicyclic) bond motifs is 1. The molecular weight excluding hydrogens is 671 g/mol. The molecule has 260 valence electrons. The van der Waals surface area contributed by atoms with Crippen LogP contribution in [0.5, 0.6) is 0 Å². The van der Waals surface area contributed by atoms with Crippen molar-refractivity contribution < 1.29 is 42.5 Å². The first-order valence-corrected chi connectivity index (χ1v) is 16.1. The molecule has 0 bridgehead atoms. The topological polar surface area (TPSA) is 148 Å². The Labute approximate surface area is 295 Å². The van der Waals surface area contributed by atoms with E-state index in [9.17, 15) is 19.2 Å². The zero-order valence-corrected chi connectivity index (χ0v) is 27.2. The summed E-state index contributed by atoms with van der Waals surface area (Å²) >= 11 is 0. The van der Waals surface area contributed by atoms with Gasteiger partial charge in [0.2, 0.25) is 6.10 Å². The number of nitrogens with zero attached hydrogens (tertiary/aromatic N) is 3. The van der Waals surface area contributed by atoms with Crippen LogP contribution in [0.4, 0.5) is 10.2 Å². The van der Waals surface area contributed by atoms with Gasteiger partial charge in [-0.05, 0) is 54.6 Å². The lowest BCUT2D eigenvalue weighted by Crippen LogP contribution is -2.47. The number of anilines is 1. The molecule has 4 aromatic carbocycles. The number of amides is 1. The van der Waals surface area contributed by atoms with E-state index in [2.05, 4.69) is 15.3 Å². The number of esters is 3. The maximum atomic E-state index is 17.4. The molecule has 3 heterocycles. The number of hydrogen-bond donors (Lipinski definition) is 1. The van der Waals surface area contributed by atoms with Crippen molar-refractivity contribution in [1.29, 1.82) is 0 Å². The molecule has 0 saturated carbocycles. The molecule has 1 fully saturated rings. The quantitative estimate of drug-likeness (QED) is 0.130. The first kappa shape index (κ1) is 33.8. The smallest absolute Gasteiger partial charge is 0.338 e. The molecular formula is C39H29FN4O8. The third-order valence-corrected chi connectivity index (χ3v) is 8.28. The molecule has 6 aromatic rings. The lowest BCUT2D eigenvalue weighted by molar-refractivity contribution is -0.206. The number of rotatable bonds is 10. The molecule has 52 heavy (non-hydrogen) atoms. The van der Waals surface area contributed by atoms with Crippen LogP contribution in [0, 0.1) is 0 Å². The van der Waals surface area contributed by atoms with Crippen molar-refractivity contribution >= 4 is 40.7 Å². The van der Waals surface area contributed by atoms with E-state index in [4.69, 9.17) is 18.9 Å². The summed E-state index contributed by atoms with van der Waals surface area (Å²) in [6.45, 7) is -1.05. The Hall–Kier alpha value is -6.73. The first-order valence-electron chi connectivity index (χ1n) is 16.1. The van der Waals surface area contributed by atoms with Gasteiger partial charge in [0.1, 0.15) is 17.8 Å². The first-order chi connectivity index (χ1) is 25.3. The molecule has 1 aliphatic heterocycles. The van der Waals surface area contributed by atoms with Gasteiger partial charge < -0.3 is 28.8 Å². The molecule has 1 amide bonds. The molecule has 7 rings (SSSR count). The fourth-order valence-electron chi connectivity index (χ4n) is 5.73. The Kier molecular flexibility index (Phi) is 9.50. The van der Waals surface area contributed by atoms with Crippen molar-refractivity contribution in [2.24, 2.45) is 0 Å². The fraction of sp³-hybridized carbons (Fsp3) is 0.128. The molecule has 1 aliphatic rings. The van der Waals surface area contributed by atoms with E-state index < -0.39 is 54.7 Å². The summed E-state index contributed by atoms with van der Waals surface area (Å²) in [5.74, 6) is -6.02. The summed E-state index contributed by atoms with van der Waals surface area (Å²) < 4.78 is 41.8. The highest BCUT2D eigenvalue weighted by Crippen LogP contribution is 2.44. The molecule has 13 heteroatoms. The minimum Gasteiger partial charge on any atom is -0.456 e. The SMILES string of the molecule is O=C(Nc1ncnc2c1ccn2[C@@H]1O[C@](F)(COC(=O)c2ccccc2)[C@@H](OC(=O)c2ccccc2)[C@H]1OC(=O)c1ccccc1)c1ccccc1. The van der Waals surface area contributed by atoms with Gasteiger partial charge in [0.25, 0.3) is 11.8 Å². The summed E-state index contributed by atoms with van der Waals surface area (Å²) in [6, 6.07) is 33.7. The van der Waals surface area contributed by atoms with Crippen LogP contribution in [0.3, 0.4) is 0 Å². The maximum absolute atomic E-state index is 17.4. The molecule has 0 radical (unpaired) electrons. The molecule has 0 aliphatic carbocycles. The van der Waals surface area contributed by atoms with Crippen LogP contribution in [0.2, 0.25) is 0 Å². The van der Waals surface area contributed by atoms with Gasteiger partial charge in [0.15, 0.2) is 18.9 Å². The number of benzene rings is 4. The highest BCUT2D eigenvalue weighted by atomic mass is 19.2. The van der Waals surface area contributed by atoms with Gasteiger partial charge in [-0.3, -0.25) is 4.79 Å². The molecule has 1 saturated heterocycles. The number of ether oxygens (including phenoxy) is 4. The number of hydrogen-bond acceptors (Lipinski definition) is 10. The summed E-state index contributed by atoms with van der Waals surface area (Å²) in [7, 11) is 0. The van der Waals surface area contributed by atoms with E-state index in [1.165, 1.54) is 53.5 Å². The van der Waals surface area contributed by atoms with Crippen LogP contribution >= 0.6 is 0 Å². The highest BCUT2D eigenvalue weighted by Gasteiger charge is 2.62. The summed E-state index contributed by atoms with van der Waals surface area (Å²) in [5.41, 5.74) is 0.898. The van der Waals surface area contributed by atoms with E-state index in [1.54, 1.807) is 91.0 Å². The summed E-state index contributed by atoms with van der Waals surface area (Å²) in [4.78, 5) is 61.6. The van der Waals surface area contributed by atoms with Crippen molar-refractivity contribution in [2.45, 2.75) is 24.3 Å². The van der Waals surface area contributed by atoms with Crippen molar-refractivity contribution in [2.75, 3.05) is 11.9 Å². The van der Waals surface area contributed by atoms with Crippen molar-refractivity contribution in [3.8, 4) is 0 Å². The van der Waals surface area contributed by atoms with Gasteiger partial charge >= 0.3 is 17.9 Å². The van der Waals surface area contributed by atoms with E-state index in [0.29, 0.717) is 10.9 Å². The lowest BCUT2D eigenvalue weighted by Gasteiger charge is -2.27. The van der Waals surface area contributed by atoms with E-state index >= 15 is 4.39 Å². The van der Waals surface area contributed by atoms with Gasteiger partial charge in [0.05, 0.1) is 22.1 Å². The van der Waals surface area contributed by atoms with Crippen molar-refractivity contribution in [1.82, 2.24) is 14.5 Å². The van der Waals surface area contributed by atoms with E-state index in [1.807, 2.05) is 0 Å². The molecule has 1 N–H and O–H groups in total. The predicted octanol–water partition coefficient (Wildman–Crippen LogP) is 6.19.